The predicted octanol–water partition coefficient (Wildman–Crippen LogP) is 6.68. The maximum atomic E-state index is 12.8. The van der Waals surface area contributed by atoms with Crippen molar-refractivity contribution >= 4 is 29.3 Å². The first kappa shape index (κ1) is 19.7. The van der Waals surface area contributed by atoms with Gasteiger partial charge in [-0.2, -0.15) is 13.2 Å². The Hall–Kier alpha value is -3.05. The molecule has 142 valence electrons. The van der Waals surface area contributed by atoms with Crippen LogP contribution in [0.3, 0.4) is 0 Å². The van der Waals surface area contributed by atoms with Crippen LogP contribution in [-0.4, -0.2) is 5.91 Å². The lowest BCUT2D eigenvalue weighted by atomic mass is 10.1. The Bertz CT molecular complexity index is 997. The van der Waals surface area contributed by atoms with E-state index in [9.17, 15) is 18.0 Å². The molecule has 0 bridgehead atoms. The average Bonchev–Trinajstić information content (AvgIpc) is 2.68. The molecule has 0 aromatic heterocycles. The lowest BCUT2D eigenvalue weighted by Crippen LogP contribution is -2.08. The molecule has 0 fully saturated rings. The molecule has 28 heavy (non-hydrogen) atoms. The molecular weight excluding hydrogens is 387 g/mol. The zero-order chi connectivity index (χ0) is 20.1. The largest absolute Gasteiger partial charge is 0.416 e. The third-order valence-electron chi connectivity index (χ3n) is 4.00. The second kappa shape index (κ2) is 8.31. The van der Waals surface area contributed by atoms with E-state index in [0.29, 0.717) is 5.69 Å². The van der Waals surface area contributed by atoms with E-state index in [1.807, 2.05) is 42.5 Å². The SMILES string of the molecule is O=C(/C=C/c1cc(C(F)(F)F)ccc1Cl)Nc1ccc(-c2ccccc2)cc1. The summed E-state index contributed by atoms with van der Waals surface area (Å²) < 4.78 is 38.4. The van der Waals surface area contributed by atoms with Crippen LogP contribution in [-0.2, 0) is 11.0 Å². The van der Waals surface area contributed by atoms with Gasteiger partial charge in [0.2, 0.25) is 5.91 Å². The van der Waals surface area contributed by atoms with Crippen LogP contribution >= 0.6 is 11.6 Å². The Morgan fingerprint density at radius 1 is 0.893 bits per heavy atom. The summed E-state index contributed by atoms with van der Waals surface area (Å²) in [4.78, 5) is 12.1. The molecule has 0 spiro atoms. The van der Waals surface area contributed by atoms with E-state index >= 15 is 0 Å². The van der Waals surface area contributed by atoms with Gasteiger partial charge in [0.05, 0.1) is 5.56 Å². The summed E-state index contributed by atoms with van der Waals surface area (Å²) >= 11 is 5.92. The van der Waals surface area contributed by atoms with Gasteiger partial charge in [0.1, 0.15) is 0 Å². The number of nitrogens with one attached hydrogen (secondary N) is 1. The van der Waals surface area contributed by atoms with Crippen molar-refractivity contribution in [2.45, 2.75) is 6.18 Å². The van der Waals surface area contributed by atoms with Crippen molar-refractivity contribution in [1.82, 2.24) is 0 Å². The maximum absolute atomic E-state index is 12.8. The van der Waals surface area contributed by atoms with Crippen LogP contribution in [0.2, 0.25) is 5.02 Å². The van der Waals surface area contributed by atoms with E-state index < -0.39 is 17.6 Å². The number of halogens is 4. The lowest BCUT2D eigenvalue weighted by molar-refractivity contribution is -0.137. The minimum Gasteiger partial charge on any atom is -0.323 e. The van der Waals surface area contributed by atoms with Crippen LogP contribution in [0.1, 0.15) is 11.1 Å². The van der Waals surface area contributed by atoms with Crippen molar-refractivity contribution in [2.75, 3.05) is 5.32 Å². The quantitative estimate of drug-likeness (QED) is 0.485. The molecule has 0 aliphatic rings. The van der Waals surface area contributed by atoms with Crippen molar-refractivity contribution < 1.29 is 18.0 Å². The van der Waals surface area contributed by atoms with Gasteiger partial charge in [-0.15, -0.1) is 0 Å². The van der Waals surface area contributed by atoms with Gasteiger partial charge in [0.25, 0.3) is 0 Å². The molecule has 0 saturated carbocycles. The van der Waals surface area contributed by atoms with Gasteiger partial charge in [-0.3, -0.25) is 4.79 Å². The number of amides is 1. The molecule has 3 rings (SSSR count). The molecule has 0 saturated heterocycles. The summed E-state index contributed by atoms with van der Waals surface area (Å²) in [5.41, 5.74) is 1.92. The molecule has 3 aromatic rings. The summed E-state index contributed by atoms with van der Waals surface area (Å²) in [6.07, 6.45) is -2.08. The van der Waals surface area contributed by atoms with Crippen molar-refractivity contribution in [3.63, 3.8) is 0 Å². The summed E-state index contributed by atoms with van der Waals surface area (Å²) in [5, 5.41) is 2.79. The van der Waals surface area contributed by atoms with Crippen LogP contribution in [0.5, 0.6) is 0 Å². The first-order chi connectivity index (χ1) is 13.3. The average molecular weight is 402 g/mol. The Kier molecular flexibility index (Phi) is 5.85. The molecule has 0 unspecified atom stereocenters. The number of hydrogen-bond donors (Lipinski definition) is 1. The highest BCUT2D eigenvalue weighted by Crippen LogP contribution is 2.32. The number of anilines is 1. The number of alkyl halides is 3. The predicted molar refractivity (Wildman–Crippen MR) is 106 cm³/mol. The highest BCUT2D eigenvalue weighted by atomic mass is 35.5. The molecule has 0 radical (unpaired) electrons. The fraction of sp³-hybridized carbons (Fsp3) is 0.0455. The normalized spacial score (nSPS) is 11.6. The smallest absolute Gasteiger partial charge is 0.323 e. The molecule has 1 amide bonds. The fourth-order valence-corrected chi connectivity index (χ4v) is 2.75. The van der Waals surface area contributed by atoms with Gasteiger partial charge >= 0.3 is 6.18 Å². The summed E-state index contributed by atoms with van der Waals surface area (Å²) in [7, 11) is 0. The topological polar surface area (TPSA) is 29.1 Å². The van der Waals surface area contributed by atoms with Gasteiger partial charge in [-0.05, 0) is 53.1 Å². The highest BCUT2D eigenvalue weighted by molar-refractivity contribution is 6.32. The number of hydrogen-bond acceptors (Lipinski definition) is 1. The Labute approximate surface area is 165 Å². The molecule has 0 heterocycles. The molecule has 6 heteroatoms. The molecule has 2 nitrogen and oxygen atoms in total. The van der Waals surface area contributed by atoms with E-state index in [2.05, 4.69) is 5.32 Å². The van der Waals surface area contributed by atoms with Gasteiger partial charge in [0.15, 0.2) is 0 Å². The summed E-state index contributed by atoms with van der Waals surface area (Å²) in [6, 6.07) is 20.0. The second-order valence-corrected chi connectivity index (χ2v) is 6.41. The number of carbonyl (C=O) groups is 1. The summed E-state index contributed by atoms with van der Waals surface area (Å²) in [5.74, 6) is -0.471. The monoisotopic (exact) mass is 401 g/mol. The van der Waals surface area contributed by atoms with Crippen molar-refractivity contribution in [3.8, 4) is 11.1 Å². The molecule has 0 aliphatic heterocycles. The standard InChI is InChI=1S/C22H15ClF3NO/c23-20-12-9-18(22(24,25)26)14-17(20)8-13-21(28)27-19-10-6-16(7-11-19)15-4-2-1-3-5-15/h1-14H,(H,27,28)/b13-8+. The molecular formula is C22H15ClF3NO. The van der Waals surface area contributed by atoms with Gasteiger partial charge in [0, 0.05) is 16.8 Å². The third kappa shape index (κ3) is 5.02. The van der Waals surface area contributed by atoms with Crippen LogP contribution < -0.4 is 5.32 Å². The molecule has 0 aliphatic carbocycles. The first-order valence-electron chi connectivity index (χ1n) is 8.34. The van der Waals surface area contributed by atoms with Crippen molar-refractivity contribution in [2.24, 2.45) is 0 Å². The first-order valence-corrected chi connectivity index (χ1v) is 8.72. The van der Waals surface area contributed by atoms with Crippen LogP contribution in [0, 0.1) is 0 Å². The Balaban J connectivity index is 1.69. The van der Waals surface area contributed by atoms with Crippen LogP contribution in [0.15, 0.2) is 78.9 Å². The molecule has 3 aromatic carbocycles. The van der Waals surface area contributed by atoms with Crippen molar-refractivity contribution in [3.05, 3.63) is 95.0 Å². The van der Waals surface area contributed by atoms with Gasteiger partial charge in [-0.25, -0.2) is 0 Å². The lowest BCUT2D eigenvalue weighted by Gasteiger charge is -2.08. The van der Waals surface area contributed by atoms with Crippen LogP contribution in [0.4, 0.5) is 18.9 Å². The van der Waals surface area contributed by atoms with E-state index in [-0.39, 0.29) is 10.6 Å². The summed E-state index contributed by atoms with van der Waals surface area (Å²) in [6.45, 7) is 0. The third-order valence-corrected chi connectivity index (χ3v) is 4.34. The number of carbonyl (C=O) groups excluding carboxylic acids is 1. The number of rotatable bonds is 4. The van der Waals surface area contributed by atoms with Crippen LogP contribution in [0.25, 0.3) is 17.2 Å². The highest BCUT2D eigenvalue weighted by Gasteiger charge is 2.30. The Morgan fingerprint density at radius 2 is 1.54 bits per heavy atom. The van der Waals surface area contributed by atoms with E-state index in [0.717, 1.165) is 35.4 Å². The zero-order valence-corrected chi connectivity index (χ0v) is 15.3. The van der Waals surface area contributed by atoms with Gasteiger partial charge < -0.3 is 5.32 Å². The van der Waals surface area contributed by atoms with E-state index in [1.54, 1.807) is 12.1 Å². The van der Waals surface area contributed by atoms with Gasteiger partial charge in [-0.1, -0.05) is 54.1 Å². The molecule has 0 atom stereocenters. The van der Waals surface area contributed by atoms with E-state index in [4.69, 9.17) is 11.6 Å². The fourth-order valence-electron chi connectivity index (χ4n) is 2.57. The van der Waals surface area contributed by atoms with E-state index in [1.165, 1.54) is 6.08 Å². The van der Waals surface area contributed by atoms with Crippen molar-refractivity contribution in [1.29, 1.82) is 0 Å². The Morgan fingerprint density at radius 3 is 2.18 bits per heavy atom. The minimum absolute atomic E-state index is 0.117. The second-order valence-electron chi connectivity index (χ2n) is 6.00. The maximum Gasteiger partial charge on any atom is 0.416 e. The zero-order valence-electron chi connectivity index (χ0n) is 14.5. The minimum atomic E-state index is -4.48. The molecule has 1 N–H and O–H groups in total. The number of benzene rings is 3.